The quantitative estimate of drug-likeness (QED) is 0.527. The van der Waals surface area contributed by atoms with E-state index in [-0.39, 0.29) is 23.8 Å². The van der Waals surface area contributed by atoms with Crippen LogP contribution in [0.5, 0.6) is 0 Å². The molecule has 3 aromatic rings. The van der Waals surface area contributed by atoms with Gasteiger partial charge < -0.3 is 10.6 Å². The fourth-order valence-electron chi connectivity index (χ4n) is 3.08. The maximum Gasteiger partial charge on any atom is 0.253 e. The molecule has 0 bridgehead atoms. The average molecular weight is 447 g/mol. The molecule has 8 heteroatoms. The average Bonchev–Trinajstić information content (AvgIpc) is 3.48. The Hall–Kier alpha value is -3.78. The van der Waals surface area contributed by atoms with E-state index in [0.29, 0.717) is 22.1 Å². The van der Waals surface area contributed by atoms with Crippen LogP contribution in [0.15, 0.2) is 66.1 Å². The summed E-state index contributed by atoms with van der Waals surface area (Å²) in [4.78, 5) is 43.0. The number of nitrogens with zero attached hydrogens (tertiary/aromatic N) is 2. The predicted octanol–water partition coefficient (Wildman–Crippen LogP) is 4.37. The molecule has 0 aliphatic heterocycles. The summed E-state index contributed by atoms with van der Waals surface area (Å²) < 4.78 is 0. The number of carbonyl (C=O) groups excluding carboxylic acids is 3. The highest BCUT2D eigenvalue weighted by Crippen LogP contribution is 2.29. The number of hydrogen-bond donors (Lipinski definition) is 2. The van der Waals surface area contributed by atoms with Crippen molar-refractivity contribution in [2.24, 2.45) is 0 Å². The van der Waals surface area contributed by atoms with Crippen LogP contribution in [-0.4, -0.2) is 28.7 Å². The second-order valence-electron chi connectivity index (χ2n) is 7.36. The lowest BCUT2D eigenvalue weighted by Gasteiger charge is -2.17. The molecule has 4 rings (SSSR count). The second kappa shape index (κ2) is 9.57. The molecule has 2 N–H and O–H groups in total. The van der Waals surface area contributed by atoms with Crippen molar-refractivity contribution in [3.63, 3.8) is 0 Å². The summed E-state index contributed by atoms with van der Waals surface area (Å²) in [7, 11) is 0. The summed E-state index contributed by atoms with van der Waals surface area (Å²) in [6, 6.07) is 16.4. The Bertz CT molecular complexity index is 1170. The van der Waals surface area contributed by atoms with Crippen LogP contribution in [-0.2, 0) is 9.59 Å². The Morgan fingerprint density at radius 1 is 1.06 bits per heavy atom. The molecular formula is C24H22N4O3S. The molecule has 32 heavy (non-hydrogen) atoms. The number of thiazole rings is 1. The minimum absolute atomic E-state index is 0.153. The second-order valence-corrected chi connectivity index (χ2v) is 8.20. The highest BCUT2D eigenvalue weighted by Gasteiger charge is 2.25. The third kappa shape index (κ3) is 5.28. The summed E-state index contributed by atoms with van der Waals surface area (Å²) in [5.74, 6) is -0.723. The van der Waals surface area contributed by atoms with Crippen molar-refractivity contribution < 1.29 is 14.4 Å². The van der Waals surface area contributed by atoms with Gasteiger partial charge >= 0.3 is 0 Å². The number of aromatic nitrogens is 1. The molecule has 1 saturated carbocycles. The Kier molecular flexibility index (Phi) is 6.42. The summed E-state index contributed by atoms with van der Waals surface area (Å²) >= 11 is 1.31. The standard InChI is InChI=1S/C24H22N4O3S/c1-16(29)28(19-7-3-2-4-8-19)24-26-18(15-32-24)13-14-22(30)27-21-10-6-5-9-20(21)23(31)25-17-11-12-17/h2-10,13-15,17H,11-12H2,1H3,(H,25,31)(H,27,30)/b14-13+. The number of hydrogen-bond acceptors (Lipinski definition) is 5. The number of rotatable bonds is 7. The number of benzene rings is 2. The maximum absolute atomic E-state index is 12.4. The first kappa shape index (κ1) is 21.5. The molecule has 0 spiro atoms. The van der Waals surface area contributed by atoms with Gasteiger partial charge in [0.05, 0.1) is 22.6 Å². The molecule has 0 atom stereocenters. The molecule has 0 unspecified atom stereocenters. The smallest absolute Gasteiger partial charge is 0.253 e. The first-order valence-electron chi connectivity index (χ1n) is 10.2. The normalized spacial score (nSPS) is 13.0. The summed E-state index contributed by atoms with van der Waals surface area (Å²) in [5, 5.41) is 7.97. The molecular weight excluding hydrogens is 424 g/mol. The van der Waals surface area contributed by atoms with E-state index < -0.39 is 0 Å². The van der Waals surface area contributed by atoms with Crippen LogP contribution in [0.2, 0.25) is 0 Å². The highest BCUT2D eigenvalue weighted by molar-refractivity contribution is 7.14. The minimum Gasteiger partial charge on any atom is -0.349 e. The Morgan fingerprint density at radius 2 is 1.78 bits per heavy atom. The summed E-state index contributed by atoms with van der Waals surface area (Å²) in [5.41, 5.74) is 2.16. The summed E-state index contributed by atoms with van der Waals surface area (Å²) in [6.45, 7) is 1.48. The van der Waals surface area contributed by atoms with Crippen LogP contribution < -0.4 is 15.5 Å². The Labute approximate surface area is 189 Å². The molecule has 7 nitrogen and oxygen atoms in total. The molecule has 1 heterocycles. The Balaban J connectivity index is 1.44. The van der Waals surface area contributed by atoms with E-state index in [2.05, 4.69) is 15.6 Å². The lowest BCUT2D eigenvalue weighted by atomic mass is 10.1. The van der Waals surface area contributed by atoms with E-state index in [1.165, 1.54) is 29.2 Å². The van der Waals surface area contributed by atoms with Crippen LogP contribution in [0.4, 0.5) is 16.5 Å². The molecule has 0 radical (unpaired) electrons. The predicted molar refractivity (Wildman–Crippen MR) is 126 cm³/mol. The number of nitrogens with one attached hydrogen (secondary N) is 2. The monoisotopic (exact) mass is 446 g/mol. The van der Waals surface area contributed by atoms with E-state index >= 15 is 0 Å². The molecule has 1 fully saturated rings. The Morgan fingerprint density at radius 3 is 2.50 bits per heavy atom. The van der Waals surface area contributed by atoms with E-state index in [1.807, 2.05) is 30.3 Å². The van der Waals surface area contributed by atoms with Crippen LogP contribution in [0.25, 0.3) is 6.08 Å². The van der Waals surface area contributed by atoms with Crippen LogP contribution in [0, 0.1) is 0 Å². The van der Waals surface area contributed by atoms with Gasteiger partial charge in [0.15, 0.2) is 5.13 Å². The van der Waals surface area contributed by atoms with Crippen molar-refractivity contribution in [1.82, 2.24) is 10.3 Å². The third-order valence-corrected chi connectivity index (χ3v) is 5.62. The fourth-order valence-corrected chi connectivity index (χ4v) is 3.93. The molecule has 1 aromatic heterocycles. The molecule has 2 aromatic carbocycles. The number of anilines is 3. The largest absolute Gasteiger partial charge is 0.349 e. The van der Waals surface area contributed by atoms with Gasteiger partial charge in [0.25, 0.3) is 5.91 Å². The first-order valence-corrected chi connectivity index (χ1v) is 11.1. The molecule has 0 saturated heterocycles. The van der Waals surface area contributed by atoms with Gasteiger partial charge in [0.2, 0.25) is 11.8 Å². The number of carbonyl (C=O) groups is 3. The van der Waals surface area contributed by atoms with Crippen molar-refractivity contribution in [3.05, 3.63) is 77.3 Å². The molecule has 1 aliphatic carbocycles. The first-order chi connectivity index (χ1) is 15.5. The highest BCUT2D eigenvalue weighted by atomic mass is 32.1. The minimum atomic E-state index is -0.377. The zero-order valence-corrected chi connectivity index (χ0v) is 18.3. The number of amides is 3. The lowest BCUT2D eigenvalue weighted by Crippen LogP contribution is -2.26. The van der Waals surface area contributed by atoms with Crippen molar-refractivity contribution >= 4 is 51.6 Å². The van der Waals surface area contributed by atoms with E-state index in [0.717, 1.165) is 18.5 Å². The van der Waals surface area contributed by atoms with Gasteiger partial charge in [-0.2, -0.15) is 0 Å². The van der Waals surface area contributed by atoms with Crippen molar-refractivity contribution in [1.29, 1.82) is 0 Å². The molecule has 3 amide bonds. The van der Waals surface area contributed by atoms with Crippen molar-refractivity contribution in [2.45, 2.75) is 25.8 Å². The van der Waals surface area contributed by atoms with Crippen LogP contribution in [0.3, 0.4) is 0 Å². The van der Waals surface area contributed by atoms with Gasteiger partial charge in [-0.25, -0.2) is 4.98 Å². The van der Waals surface area contributed by atoms with E-state index in [9.17, 15) is 14.4 Å². The van der Waals surface area contributed by atoms with Gasteiger partial charge in [-0.05, 0) is 43.2 Å². The van der Waals surface area contributed by atoms with E-state index in [4.69, 9.17) is 0 Å². The van der Waals surface area contributed by atoms with Gasteiger partial charge in [-0.1, -0.05) is 30.3 Å². The topological polar surface area (TPSA) is 91.4 Å². The zero-order chi connectivity index (χ0) is 22.5. The van der Waals surface area contributed by atoms with Crippen LogP contribution in [0.1, 0.15) is 35.8 Å². The van der Waals surface area contributed by atoms with Crippen LogP contribution >= 0.6 is 11.3 Å². The van der Waals surface area contributed by atoms with Crippen molar-refractivity contribution in [3.8, 4) is 0 Å². The molecule has 162 valence electrons. The van der Waals surface area contributed by atoms with Gasteiger partial charge in [0.1, 0.15) is 0 Å². The summed E-state index contributed by atoms with van der Waals surface area (Å²) in [6.07, 6.45) is 4.91. The van der Waals surface area contributed by atoms with Gasteiger partial charge in [0, 0.05) is 24.4 Å². The van der Waals surface area contributed by atoms with Gasteiger partial charge in [-0.3, -0.25) is 19.3 Å². The van der Waals surface area contributed by atoms with Crippen molar-refractivity contribution in [2.75, 3.05) is 10.2 Å². The lowest BCUT2D eigenvalue weighted by molar-refractivity contribution is -0.116. The van der Waals surface area contributed by atoms with Gasteiger partial charge in [-0.15, -0.1) is 11.3 Å². The molecule has 1 aliphatic rings. The maximum atomic E-state index is 12.4. The third-order valence-electron chi connectivity index (χ3n) is 4.78. The zero-order valence-electron chi connectivity index (χ0n) is 17.4. The fraction of sp³-hybridized carbons (Fsp3) is 0.167. The van der Waals surface area contributed by atoms with E-state index in [1.54, 1.807) is 35.7 Å². The SMILES string of the molecule is CC(=O)N(c1ccccc1)c1nc(/C=C/C(=O)Nc2ccccc2C(=O)NC2CC2)cs1. The number of para-hydroxylation sites is 2.